The van der Waals surface area contributed by atoms with Crippen molar-refractivity contribution in [3.8, 4) is 0 Å². The van der Waals surface area contributed by atoms with Crippen LogP contribution >= 0.6 is 0 Å². The first kappa shape index (κ1) is 14.5. The van der Waals surface area contributed by atoms with E-state index in [1.54, 1.807) is 19.1 Å². The number of sulfonamides is 1. The summed E-state index contributed by atoms with van der Waals surface area (Å²) in [6, 6.07) is 11.3. The number of rotatable bonds is 4. The first-order valence-electron chi connectivity index (χ1n) is 6.02. The van der Waals surface area contributed by atoms with E-state index in [0.29, 0.717) is 5.69 Å². The lowest BCUT2D eigenvalue weighted by Gasteiger charge is -2.11. The number of halogens is 1. The van der Waals surface area contributed by atoms with Crippen molar-refractivity contribution in [3.05, 3.63) is 59.9 Å². The molecule has 0 spiro atoms. The van der Waals surface area contributed by atoms with Gasteiger partial charge in [0.1, 0.15) is 5.82 Å². The van der Waals surface area contributed by atoms with Gasteiger partial charge in [-0.1, -0.05) is 12.1 Å². The lowest BCUT2D eigenvalue weighted by molar-refractivity contribution is 0.600. The van der Waals surface area contributed by atoms with Crippen molar-refractivity contribution >= 4 is 15.7 Å². The van der Waals surface area contributed by atoms with Crippen LogP contribution in [0.4, 0.5) is 10.1 Å². The van der Waals surface area contributed by atoms with E-state index in [2.05, 4.69) is 4.72 Å². The quantitative estimate of drug-likeness (QED) is 0.910. The molecule has 4 nitrogen and oxygen atoms in total. The van der Waals surface area contributed by atoms with Gasteiger partial charge in [-0.15, -0.1) is 0 Å². The van der Waals surface area contributed by atoms with E-state index in [4.69, 9.17) is 5.73 Å². The van der Waals surface area contributed by atoms with Gasteiger partial charge >= 0.3 is 0 Å². The molecule has 0 radical (unpaired) electrons. The van der Waals surface area contributed by atoms with Gasteiger partial charge in [0.25, 0.3) is 10.0 Å². The smallest absolute Gasteiger partial charge is 0.261 e. The molecule has 2 rings (SSSR count). The molecule has 0 aromatic heterocycles. The molecule has 2 aromatic rings. The Balaban J connectivity index is 2.30. The van der Waals surface area contributed by atoms with E-state index in [1.165, 1.54) is 36.4 Å². The summed E-state index contributed by atoms with van der Waals surface area (Å²) >= 11 is 0. The topological polar surface area (TPSA) is 72.2 Å². The second kappa shape index (κ2) is 5.60. The Morgan fingerprint density at radius 3 is 2.40 bits per heavy atom. The van der Waals surface area contributed by atoms with Crippen molar-refractivity contribution in [1.82, 2.24) is 0 Å². The van der Waals surface area contributed by atoms with Crippen LogP contribution < -0.4 is 10.5 Å². The molecule has 1 unspecified atom stereocenters. The van der Waals surface area contributed by atoms with Gasteiger partial charge in [0.2, 0.25) is 0 Å². The lowest BCUT2D eigenvalue weighted by Crippen LogP contribution is -2.14. The third-order valence-corrected chi connectivity index (χ3v) is 4.17. The van der Waals surface area contributed by atoms with Crippen LogP contribution in [-0.2, 0) is 10.0 Å². The van der Waals surface area contributed by atoms with Crippen molar-refractivity contribution in [3.63, 3.8) is 0 Å². The lowest BCUT2D eigenvalue weighted by atomic mass is 10.1. The van der Waals surface area contributed by atoms with Crippen molar-refractivity contribution < 1.29 is 12.8 Å². The molecule has 0 saturated heterocycles. The predicted molar refractivity (Wildman–Crippen MR) is 76.3 cm³/mol. The minimum atomic E-state index is -3.71. The monoisotopic (exact) mass is 294 g/mol. The van der Waals surface area contributed by atoms with Gasteiger partial charge in [-0.25, -0.2) is 12.8 Å². The fourth-order valence-electron chi connectivity index (χ4n) is 1.70. The molecule has 0 amide bonds. The van der Waals surface area contributed by atoms with Crippen LogP contribution in [0.15, 0.2) is 53.4 Å². The van der Waals surface area contributed by atoms with Crippen LogP contribution in [0.3, 0.4) is 0 Å². The zero-order chi connectivity index (χ0) is 14.8. The molecule has 0 heterocycles. The number of nitrogens with two attached hydrogens (primary N) is 1. The largest absolute Gasteiger partial charge is 0.324 e. The fraction of sp³-hybridized carbons (Fsp3) is 0.143. The summed E-state index contributed by atoms with van der Waals surface area (Å²) in [4.78, 5) is 0.122. The van der Waals surface area contributed by atoms with E-state index in [1.807, 2.05) is 0 Å². The summed E-state index contributed by atoms with van der Waals surface area (Å²) < 4.78 is 39.6. The number of hydrogen-bond acceptors (Lipinski definition) is 3. The summed E-state index contributed by atoms with van der Waals surface area (Å²) in [5.41, 5.74) is 6.77. The molecule has 0 aliphatic rings. The number of anilines is 1. The molecule has 1 atom stereocenters. The third kappa shape index (κ3) is 3.34. The maximum atomic E-state index is 12.8. The van der Waals surface area contributed by atoms with Crippen LogP contribution in [0.5, 0.6) is 0 Å². The SMILES string of the molecule is CC(N)c1cccc(S(=O)(=O)Nc2ccc(F)cc2)c1. The van der Waals surface area contributed by atoms with Crippen molar-refractivity contribution in [2.24, 2.45) is 5.73 Å². The highest BCUT2D eigenvalue weighted by Gasteiger charge is 2.15. The average Bonchev–Trinajstić information content (AvgIpc) is 2.41. The minimum Gasteiger partial charge on any atom is -0.324 e. The van der Waals surface area contributed by atoms with Gasteiger partial charge in [-0.3, -0.25) is 4.72 Å². The van der Waals surface area contributed by atoms with Gasteiger partial charge in [-0.2, -0.15) is 0 Å². The standard InChI is InChI=1S/C14H15FN2O2S/c1-10(16)11-3-2-4-14(9-11)20(18,19)17-13-7-5-12(15)6-8-13/h2-10,17H,16H2,1H3. The molecule has 6 heteroatoms. The molecular weight excluding hydrogens is 279 g/mol. The zero-order valence-electron chi connectivity index (χ0n) is 10.9. The highest BCUT2D eigenvalue weighted by atomic mass is 32.2. The first-order valence-corrected chi connectivity index (χ1v) is 7.51. The number of benzene rings is 2. The summed E-state index contributed by atoms with van der Waals surface area (Å²) in [6.45, 7) is 1.78. The van der Waals surface area contributed by atoms with E-state index < -0.39 is 15.8 Å². The second-order valence-corrected chi connectivity index (χ2v) is 6.16. The van der Waals surface area contributed by atoms with Crippen LogP contribution in [0.2, 0.25) is 0 Å². The summed E-state index contributed by atoms with van der Waals surface area (Å²) in [5.74, 6) is -0.424. The maximum absolute atomic E-state index is 12.8. The molecule has 2 aromatic carbocycles. The summed E-state index contributed by atoms with van der Waals surface area (Å²) in [6.07, 6.45) is 0. The minimum absolute atomic E-state index is 0.122. The van der Waals surface area contributed by atoms with Crippen LogP contribution in [0, 0.1) is 5.82 Å². The molecule has 0 aliphatic heterocycles. The van der Waals surface area contributed by atoms with Gasteiger partial charge in [0, 0.05) is 11.7 Å². The number of hydrogen-bond donors (Lipinski definition) is 2. The first-order chi connectivity index (χ1) is 9.38. The second-order valence-electron chi connectivity index (χ2n) is 4.47. The van der Waals surface area contributed by atoms with Crippen LogP contribution in [0.25, 0.3) is 0 Å². The summed E-state index contributed by atoms with van der Waals surface area (Å²) in [5, 5.41) is 0. The Bertz CT molecular complexity index is 697. The molecular formula is C14H15FN2O2S. The zero-order valence-corrected chi connectivity index (χ0v) is 11.7. The molecule has 3 N–H and O–H groups in total. The molecule has 0 bridgehead atoms. The molecule has 0 fully saturated rings. The third-order valence-electron chi connectivity index (χ3n) is 2.79. The van der Waals surface area contributed by atoms with Crippen LogP contribution in [-0.4, -0.2) is 8.42 Å². The van der Waals surface area contributed by atoms with Crippen molar-refractivity contribution in [2.45, 2.75) is 17.9 Å². The van der Waals surface area contributed by atoms with Crippen LogP contribution in [0.1, 0.15) is 18.5 Å². The molecule has 0 saturated carbocycles. The van der Waals surface area contributed by atoms with E-state index in [0.717, 1.165) is 5.56 Å². The van der Waals surface area contributed by atoms with Crippen molar-refractivity contribution in [2.75, 3.05) is 4.72 Å². The van der Waals surface area contributed by atoms with Gasteiger partial charge in [0.05, 0.1) is 4.90 Å². The molecule has 0 aliphatic carbocycles. The Morgan fingerprint density at radius 1 is 1.15 bits per heavy atom. The number of nitrogens with one attached hydrogen (secondary N) is 1. The van der Waals surface area contributed by atoms with Crippen molar-refractivity contribution in [1.29, 1.82) is 0 Å². The van der Waals surface area contributed by atoms with E-state index in [-0.39, 0.29) is 10.9 Å². The molecule has 20 heavy (non-hydrogen) atoms. The molecule has 106 valence electrons. The Labute approximate surface area is 117 Å². The Morgan fingerprint density at radius 2 is 1.80 bits per heavy atom. The van der Waals surface area contributed by atoms with Gasteiger partial charge < -0.3 is 5.73 Å². The van der Waals surface area contributed by atoms with Gasteiger partial charge in [-0.05, 0) is 48.9 Å². The highest BCUT2D eigenvalue weighted by Crippen LogP contribution is 2.19. The highest BCUT2D eigenvalue weighted by molar-refractivity contribution is 7.92. The average molecular weight is 294 g/mol. The Kier molecular flexibility index (Phi) is 4.06. The van der Waals surface area contributed by atoms with Gasteiger partial charge in [0.15, 0.2) is 0 Å². The maximum Gasteiger partial charge on any atom is 0.261 e. The summed E-state index contributed by atoms with van der Waals surface area (Å²) in [7, 11) is -3.71. The normalized spacial score (nSPS) is 12.9. The Hall–Kier alpha value is -1.92. The van der Waals surface area contributed by atoms with E-state index in [9.17, 15) is 12.8 Å². The fourth-order valence-corrected chi connectivity index (χ4v) is 2.81. The predicted octanol–water partition coefficient (Wildman–Crippen LogP) is 2.65. The van der Waals surface area contributed by atoms with E-state index >= 15 is 0 Å².